The molecule has 2 aromatic heterocycles. The summed E-state index contributed by atoms with van der Waals surface area (Å²) in [5, 5.41) is 7.11. The number of aryl methyl sites for hydroxylation is 1. The number of hydrogen-bond donors (Lipinski definition) is 1. The molecule has 2 heterocycles. The summed E-state index contributed by atoms with van der Waals surface area (Å²) in [6, 6.07) is 16.2. The summed E-state index contributed by atoms with van der Waals surface area (Å²) < 4.78 is 15.0. The van der Waals surface area contributed by atoms with Crippen LogP contribution in [-0.4, -0.2) is 38.1 Å². The second kappa shape index (κ2) is 11.3. The Morgan fingerprint density at radius 1 is 1.08 bits per heavy atom. The molecule has 0 fully saturated rings. The summed E-state index contributed by atoms with van der Waals surface area (Å²) in [7, 11) is 1.67. The summed E-state index contributed by atoms with van der Waals surface area (Å²) in [6.45, 7) is 6.57. The number of pyridine rings is 1. The van der Waals surface area contributed by atoms with Gasteiger partial charge in [-0.2, -0.15) is 0 Å². The number of anilines is 1. The third kappa shape index (κ3) is 6.29. The zero-order valence-electron chi connectivity index (χ0n) is 21.9. The molecule has 0 saturated carbocycles. The van der Waals surface area contributed by atoms with Gasteiger partial charge in [-0.1, -0.05) is 51.1 Å². The van der Waals surface area contributed by atoms with E-state index in [1.807, 2.05) is 24.3 Å². The van der Waals surface area contributed by atoms with Crippen LogP contribution in [0.2, 0.25) is 0 Å². The van der Waals surface area contributed by atoms with Crippen molar-refractivity contribution in [2.45, 2.75) is 38.6 Å². The molecule has 9 heteroatoms. The molecule has 1 N–H and O–H groups in total. The van der Waals surface area contributed by atoms with Crippen molar-refractivity contribution in [2.75, 3.05) is 11.4 Å². The molecule has 2 amide bonds. The third-order valence-corrected chi connectivity index (χ3v) is 6.13. The Bertz CT molecular complexity index is 1400. The lowest BCUT2D eigenvalue weighted by Crippen LogP contribution is -2.45. The molecule has 0 aliphatic heterocycles. The van der Waals surface area contributed by atoms with Crippen LogP contribution in [0.5, 0.6) is 0 Å². The van der Waals surface area contributed by atoms with Crippen molar-refractivity contribution >= 4 is 17.5 Å². The SMILES string of the molecule is Cn1cnc(C(=O)N(c2ccc(C(C)(C)C)cc2)C(C(=O)NCCc2cccc(F)c2)c2cccnc2)n1. The van der Waals surface area contributed by atoms with Crippen LogP contribution >= 0.6 is 0 Å². The van der Waals surface area contributed by atoms with Crippen molar-refractivity contribution in [1.29, 1.82) is 0 Å². The minimum Gasteiger partial charge on any atom is -0.354 e. The van der Waals surface area contributed by atoms with E-state index in [0.29, 0.717) is 17.7 Å². The fourth-order valence-corrected chi connectivity index (χ4v) is 4.13. The highest BCUT2D eigenvalue weighted by atomic mass is 19.1. The number of nitrogens with one attached hydrogen (secondary N) is 1. The molecule has 1 atom stereocenters. The Balaban J connectivity index is 1.71. The normalized spacial score (nSPS) is 12.1. The number of nitrogens with zero attached hydrogens (tertiary/aromatic N) is 5. The number of halogens is 1. The van der Waals surface area contributed by atoms with Crippen LogP contribution in [0, 0.1) is 5.82 Å². The molecule has 0 saturated heterocycles. The highest BCUT2D eigenvalue weighted by Crippen LogP contribution is 2.31. The molecule has 4 rings (SSSR count). The van der Waals surface area contributed by atoms with E-state index in [9.17, 15) is 14.0 Å². The van der Waals surface area contributed by atoms with Gasteiger partial charge in [0.2, 0.25) is 11.7 Å². The van der Waals surface area contributed by atoms with Crippen LogP contribution in [0.25, 0.3) is 0 Å². The van der Waals surface area contributed by atoms with Gasteiger partial charge in [0.25, 0.3) is 5.91 Å². The minimum atomic E-state index is -1.05. The molecule has 4 aromatic rings. The Kier molecular flexibility index (Phi) is 7.95. The highest BCUT2D eigenvalue weighted by molar-refractivity contribution is 6.08. The van der Waals surface area contributed by atoms with E-state index < -0.39 is 17.9 Å². The smallest absolute Gasteiger partial charge is 0.298 e. The summed E-state index contributed by atoms with van der Waals surface area (Å²) >= 11 is 0. The van der Waals surface area contributed by atoms with Crippen LogP contribution in [0.15, 0.2) is 79.4 Å². The van der Waals surface area contributed by atoms with E-state index in [-0.39, 0.29) is 23.6 Å². The van der Waals surface area contributed by atoms with Crippen LogP contribution < -0.4 is 10.2 Å². The lowest BCUT2D eigenvalue weighted by Gasteiger charge is -2.31. The lowest BCUT2D eigenvalue weighted by molar-refractivity contribution is -0.122. The maximum absolute atomic E-state index is 13.8. The molecule has 0 spiro atoms. The Hall–Kier alpha value is -4.40. The van der Waals surface area contributed by atoms with Gasteiger partial charge in [-0.3, -0.25) is 24.2 Å². The van der Waals surface area contributed by atoms with Crippen molar-refractivity contribution in [2.24, 2.45) is 7.05 Å². The van der Waals surface area contributed by atoms with Gasteiger partial charge in [-0.25, -0.2) is 9.37 Å². The standard InChI is InChI=1S/C29H31FN6O2/c1-29(2,3)22-10-12-24(13-11-22)36(28(38)26-33-19-35(4)34-26)25(21-8-6-15-31-18-21)27(37)32-16-14-20-7-5-9-23(30)17-20/h5-13,15,17-19,25H,14,16H2,1-4H3,(H,32,37). The van der Waals surface area contributed by atoms with E-state index in [1.165, 1.54) is 28.0 Å². The van der Waals surface area contributed by atoms with E-state index in [4.69, 9.17) is 0 Å². The second-order valence-electron chi connectivity index (χ2n) is 10.1. The molecule has 38 heavy (non-hydrogen) atoms. The number of rotatable bonds is 8. The van der Waals surface area contributed by atoms with E-state index in [1.54, 1.807) is 43.7 Å². The molecule has 8 nitrogen and oxygen atoms in total. The predicted molar refractivity (Wildman–Crippen MR) is 143 cm³/mol. The number of hydrogen-bond acceptors (Lipinski definition) is 5. The van der Waals surface area contributed by atoms with Gasteiger partial charge in [0.15, 0.2) is 0 Å². The first-order valence-corrected chi connectivity index (χ1v) is 12.4. The van der Waals surface area contributed by atoms with Crippen molar-refractivity contribution in [3.8, 4) is 0 Å². The molecule has 0 aliphatic rings. The Morgan fingerprint density at radius 3 is 2.45 bits per heavy atom. The average Bonchev–Trinajstić information content (AvgIpc) is 3.33. The van der Waals surface area contributed by atoms with Crippen molar-refractivity contribution < 1.29 is 14.0 Å². The number of benzene rings is 2. The zero-order valence-corrected chi connectivity index (χ0v) is 21.9. The van der Waals surface area contributed by atoms with Crippen LogP contribution in [0.3, 0.4) is 0 Å². The number of aromatic nitrogens is 4. The highest BCUT2D eigenvalue weighted by Gasteiger charge is 2.35. The van der Waals surface area contributed by atoms with Gasteiger partial charge >= 0.3 is 0 Å². The third-order valence-electron chi connectivity index (χ3n) is 6.13. The molecular weight excluding hydrogens is 483 g/mol. The largest absolute Gasteiger partial charge is 0.354 e. The quantitative estimate of drug-likeness (QED) is 0.376. The molecular formula is C29H31FN6O2. The van der Waals surface area contributed by atoms with E-state index >= 15 is 0 Å². The fourth-order valence-electron chi connectivity index (χ4n) is 4.13. The van der Waals surface area contributed by atoms with Gasteiger partial charge < -0.3 is 5.32 Å². The molecule has 196 valence electrons. The Labute approximate surface area is 221 Å². The average molecular weight is 515 g/mol. The second-order valence-corrected chi connectivity index (χ2v) is 10.1. The van der Waals surface area contributed by atoms with E-state index in [0.717, 1.165) is 11.1 Å². The van der Waals surface area contributed by atoms with Gasteiger partial charge in [-0.15, -0.1) is 5.10 Å². The van der Waals surface area contributed by atoms with Crippen molar-refractivity contribution in [3.05, 3.63) is 108 Å². The molecule has 0 bridgehead atoms. The van der Waals surface area contributed by atoms with Gasteiger partial charge in [0.05, 0.1) is 0 Å². The van der Waals surface area contributed by atoms with Crippen LogP contribution in [0.4, 0.5) is 10.1 Å². The maximum Gasteiger partial charge on any atom is 0.298 e. The number of amides is 2. The van der Waals surface area contributed by atoms with Crippen LogP contribution in [-0.2, 0) is 23.7 Å². The summed E-state index contributed by atoms with van der Waals surface area (Å²) in [4.78, 5) is 37.3. The maximum atomic E-state index is 13.8. The number of carbonyl (C=O) groups is 2. The topological polar surface area (TPSA) is 93.0 Å². The first kappa shape index (κ1) is 26.7. The summed E-state index contributed by atoms with van der Waals surface area (Å²) in [5.74, 6) is -1.30. The molecule has 2 aromatic carbocycles. The lowest BCUT2D eigenvalue weighted by atomic mass is 9.87. The monoisotopic (exact) mass is 514 g/mol. The van der Waals surface area contributed by atoms with E-state index in [2.05, 4.69) is 41.2 Å². The summed E-state index contributed by atoms with van der Waals surface area (Å²) in [5.41, 5.74) is 2.80. The van der Waals surface area contributed by atoms with Crippen molar-refractivity contribution in [3.63, 3.8) is 0 Å². The zero-order chi connectivity index (χ0) is 27.3. The van der Waals surface area contributed by atoms with Gasteiger partial charge in [0, 0.05) is 37.2 Å². The van der Waals surface area contributed by atoms with Gasteiger partial charge in [-0.05, 0) is 53.3 Å². The summed E-state index contributed by atoms with van der Waals surface area (Å²) in [6.07, 6.45) is 5.03. The molecule has 1 unspecified atom stereocenters. The Morgan fingerprint density at radius 2 is 1.84 bits per heavy atom. The predicted octanol–water partition coefficient (Wildman–Crippen LogP) is 4.39. The van der Waals surface area contributed by atoms with Gasteiger partial charge in [0.1, 0.15) is 18.2 Å². The first-order valence-electron chi connectivity index (χ1n) is 12.4. The first-order chi connectivity index (χ1) is 18.1. The minimum absolute atomic E-state index is 0.0335. The fraction of sp³-hybridized carbons (Fsp3) is 0.276. The molecule has 0 radical (unpaired) electrons. The molecule has 0 aliphatic carbocycles. The van der Waals surface area contributed by atoms with Crippen molar-refractivity contribution in [1.82, 2.24) is 25.1 Å². The van der Waals surface area contributed by atoms with Crippen LogP contribution in [0.1, 0.15) is 54.1 Å². The number of carbonyl (C=O) groups excluding carboxylic acids is 2.